The second-order valence-corrected chi connectivity index (χ2v) is 9.77. The third-order valence-electron chi connectivity index (χ3n) is 6.85. The summed E-state index contributed by atoms with van der Waals surface area (Å²) in [5, 5.41) is 13.9. The zero-order chi connectivity index (χ0) is 25.5. The Morgan fingerprint density at radius 1 is 1.11 bits per heavy atom. The SMILES string of the molecule is COCCc1c(-c2cccc(Cl)c2F)c(-c2ccccc2)nn1C[C@H]1CC[C@H](COCC(=O)O)CC1. The van der Waals surface area contributed by atoms with Gasteiger partial charge in [0.25, 0.3) is 0 Å². The Balaban J connectivity index is 1.64. The molecule has 1 saturated carbocycles. The van der Waals surface area contributed by atoms with Crippen LogP contribution in [0.15, 0.2) is 48.5 Å². The van der Waals surface area contributed by atoms with Crippen molar-refractivity contribution < 1.29 is 23.8 Å². The average molecular weight is 515 g/mol. The number of nitrogens with zero attached hydrogens (tertiary/aromatic N) is 2. The molecule has 192 valence electrons. The van der Waals surface area contributed by atoms with Crippen molar-refractivity contribution in [3.8, 4) is 22.4 Å². The van der Waals surface area contributed by atoms with Crippen molar-refractivity contribution in [1.82, 2.24) is 9.78 Å². The van der Waals surface area contributed by atoms with E-state index in [9.17, 15) is 4.79 Å². The van der Waals surface area contributed by atoms with Gasteiger partial charge in [0.2, 0.25) is 0 Å². The third-order valence-corrected chi connectivity index (χ3v) is 7.14. The third kappa shape index (κ3) is 6.33. The van der Waals surface area contributed by atoms with Crippen molar-refractivity contribution in [3.05, 3.63) is 65.1 Å². The standard InChI is InChI=1S/C28H32ClFN2O4/c1-35-15-14-24-26(22-8-5-9-23(29)27(22)30)28(21-6-3-2-4-7-21)31-32(24)16-19-10-12-20(13-11-19)17-36-18-25(33)34/h2-9,19-20H,10-18H2,1H3,(H,33,34)/t19-,20-. The van der Waals surface area contributed by atoms with Crippen molar-refractivity contribution in [1.29, 1.82) is 0 Å². The van der Waals surface area contributed by atoms with Gasteiger partial charge in [0.15, 0.2) is 0 Å². The van der Waals surface area contributed by atoms with Gasteiger partial charge in [0.05, 0.1) is 18.2 Å². The van der Waals surface area contributed by atoms with E-state index in [2.05, 4.69) is 0 Å². The molecule has 1 heterocycles. The first kappa shape index (κ1) is 26.3. The molecular weight excluding hydrogens is 483 g/mol. The van der Waals surface area contributed by atoms with Crippen molar-refractivity contribution in [2.24, 2.45) is 11.8 Å². The summed E-state index contributed by atoms with van der Waals surface area (Å²) in [7, 11) is 1.66. The van der Waals surface area contributed by atoms with E-state index < -0.39 is 11.8 Å². The van der Waals surface area contributed by atoms with Crippen molar-refractivity contribution in [2.75, 3.05) is 26.9 Å². The summed E-state index contributed by atoms with van der Waals surface area (Å²) < 4.78 is 28.0. The summed E-state index contributed by atoms with van der Waals surface area (Å²) in [5.74, 6) is -0.590. The Morgan fingerprint density at radius 2 is 1.83 bits per heavy atom. The maximum atomic E-state index is 15.3. The van der Waals surface area contributed by atoms with Gasteiger partial charge in [-0.1, -0.05) is 54.1 Å². The molecule has 0 amide bonds. The van der Waals surface area contributed by atoms with Crippen LogP contribution in [0.25, 0.3) is 22.4 Å². The van der Waals surface area contributed by atoms with E-state index in [1.807, 2.05) is 35.0 Å². The van der Waals surface area contributed by atoms with Crippen molar-refractivity contribution in [2.45, 2.75) is 38.6 Å². The highest BCUT2D eigenvalue weighted by molar-refractivity contribution is 6.31. The minimum absolute atomic E-state index is 0.0837. The predicted molar refractivity (Wildman–Crippen MR) is 138 cm³/mol. The van der Waals surface area contributed by atoms with Gasteiger partial charge in [-0.3, -0.25) is 4.68 Å². The van der Waals surface area contributed by atoms with Crippen molar-refractivity contribution in [3.63, 3.8) is 0 Å². The lowest BCUT2D eigenvalue weighted by molar-refractivity contribution is -0.142. The number of carboxylic acids is 1. The fraction of sp³-hybridized carbons (Fsp3) is 0.429. The maximum Gasteiger partial charge on any atom is 0.329 e. The molecule has 0 atom stereocenters. The smallest absolute Gasteiger partial charge is 0.329 e. The number of carboxylic acid groups (broad SMARTS) is 1. The van der Waals surface area contributed by atoms with E-state index in [-0.39, 0.29) is 11.6 Å². The van der Waals surface area contributed by atoms with E-state index in [4.69, 9.17) is 31.3 Å². The van der Waals surface area contributed by atoms with Gasteiger partial charge < -0.3 is 14.6 Å². The molecule has 6 nitrogen and oxygen atoms in total. The normalized spacial score (nSPS) is 17.9. The summed E-state index contributed by atoms with van der Waals surface area (Å²) in [6.45, 7) is 1.45. The molecular formula is C28H32ClFN2O4. The molecule has 0 aliphatic heterocycles. The Hall–Kier alpha value is -2.74. The molecule has 2 aromatic carbocycles. The highest BCUT2D eigenvalue weighted by Crippen LogP contribution is 2.39. The molecule has 1 aliphatic carbocycles. The number of aliphatic carboxylic acids is 1. The predicted octanol–water partition coefficient (Wildman–Crippen LogP) is 6.11. The zero-order valence-corrected chi connectivity index (χ0v) is 21.2. The Labute approximate surface area is 216 Å². The maximum absolute atomic E-state index is 15.3. The molecule has 0 radical (unpaired) electrons. The highest BCUT2D eigenvalue weighted by Gasteiger charge is 2.27. The van der Waals surface area contributed by atoms with Gasteiger partial charge >= 0.3 is 5.97 Å². The van der Waals surface area contributed by atoms with E-state index in [0.29, 0.717) is 37.0 Å². The van der Waals surface area contributed by atoms with Gasteiger partial charge in [-0.05, 0) is 43.6 Å². The minimum atomic E-state index is -0.938. The average Bonchev–Trinajstić information content (AvgIpc) is 3.23. The molecule has 1 N–H and O–H groups in total. The molecule has 0 saturated heterocycles. The fourth-order valence-corrected chi connectivity index (χ4v) is 5.19. The molecule has 4 rings (SSSR count). The van der Waals surface area contributed by atoms with Crippen LogP contribution in [0.3, 0.4) is 0 Å². The largest absolute Gasteiger partial charge is 0.480 e. The first-order valence-corrected chi connectivity index (χ1v) is 12.7. The van der Waals surface area contributed by atoms with Crippen LogP contribution in [0.5, 0.6) is 0 Å². The van der Waals surface area contributed by atoms with Crippen LogP contribution in [0.2, 0.25) is 5.02 Å². The van der Waals surface area contributed by atoms with Gasteiger partial charge in [0.1, 0.15) is 18.1 Å². The van der Waals surface area contributed by atoms with Crippen LogP contribution in [0.4, 0.5) is 4.39 Å². The molecule has 0 bridgehead atoms. The summed E-state index contributed by atoms with van der Waals surface area (Å²) in [6.07, 6.45) is 4.58. The van der Waals surface area contributed by atoms with Gasteiger partial charge in [-0.2, -0.15) is 5.10 Å². The van der Waals surface area contributed by atoms with Crippen LogP contribution in [-0.4, -0.2) is 47.8 Å². The first-order valence-electron chi connectivity index (χ1n) is 12.4. The number of aromatic nitrogens is 2. The molecule has 8 heteroatoms. The van der Waals surface area contributed by atoms with Crippen LogP contribution in [0, 0.1) is 17.7 Å². The molecule has 3 aromatic rings. The van der Waals surface area contributed by atoms with Crippen LogP contribution < -0.4 is 0 Å². The lowest BCUT2D eigenvalue weighted by Crippen LogP contribution is -2.24. The van der Waals surface area contributed by atoms with Gasteiger partial charge in [0, 0.05) is 42.5 Å². The first-order chi connectivity index (χ1) is 17.5. The topological polar surface area (TPSA) is 73.6 Å². The van der Waals surface area contributed by atoms with E-state index in [0.717, 1.165) is 54.7 Å². The second-order valence-electron chi connectivity index (χ2n) is 9.36. The Kier molecular flexibility index (Phi) is 9.13. The summed E-state index contributed by atoms with van der Waals surface area (Å²) in [4.78, 5) is 10.7. The lowest BCUT2D eigenvalue weighted by Gasteiger charge is -2.28. The summed E-state index contributed by atoms with van der Waals surface area (Å²) >= 11 is 6.18. The monoisotopic (exact) mass is 514 g/mol. The van der Waals surface area contributed by atoms with E-state index in [1.165, 1.54) is 0 Å². The number of rotatable bonds is 11. The van der Waals surface area contributed by atoms with Crippen LogP contribution in [0.1, 0.15) is 31.4 Å². The van der Waals surface area contributed by atoms with Crippen LogP contribution in [-0.2, 0) is 27.2 Å². The Morgan fingerprint density at radius 3 is 2.53 bits per heavy atom. The van der Waals surface area contributed by atoms with E-state index >= 15 is 4.39 Å². The number of hydrogen-bond acceptors (Lipinski definition) is 4. The molecule has 36 heavy (non-hydrogen) atoms. The second kappa shape index (κ2) is 12.5. The summed E-state index contributed by atoms with van der Waals surface area (Å²) in [6, 6.07) is 14.9. The fourth-order valence-electron chi connectivity index (χ4n) is 5.02. The number of benzene rings is 2. The number of halogens is 2. The molecule has 0 spiro atoms. The minimum Gasteiger partial charge on any atom is -0.480 e. The van der Waals surface area contributed by atoms with Gasteiger partial charge in [-0.15, -0.1) is 0 Å². The zero-order valence-electron chi connectivity index (χ0n) is 20.5. The molecule has 0 unspecified atom stereocenters. The number of ether oxygens (including phenoxy) is 2. The lowest BCUT2D eigenvalue weighted by atomic mass is 9.82. The number of methoxy groups -OCH3 is 1. The highest BCUT2D eigenvalue weighted by atomic mass is 35.5. The number of carbonyl (C=O) groups is 1. The molecule has 1 fully saturated rings. The van der Waals surface area contributed by atoms with E-state index in [1.54, 1.807) is 25.3 Å². The molecule has 1 aromatic heterocycles. The van der Waals surface area contributed by atoms with Gasteiger partial charge in [-0.25, -0.2) is 9.18 Å². The van der Waals surface area contributed by atoms with Crippen LogP contribution >= 0.6 is 11.6 Å². The van der Waals surface area contributed by atoms with Crippen molar-refractivity contribution >= 4 is 17.6 Å². The number of hydrogen-bond donors (Lipinski definition) is 1. The summed E-state index contributed by atoms with van der Waals surface area (Å²) in [5.41, 5.74) is 3.79. The molecule has 1 aliphatic rings. The quantitative estimate of drug-likeness (QED) is 0.334. The Bertz CT molecular complexity index is 1160.